The number of amides is 1. The van der Waals surface area contributed by atoms with Crippen LogP contribution < -0.4 is 128 Å². The van der Waals surface area contributed by atoms with Crippen molar-refractivity contribution in [2.45, 2.75) is 96.3 Å². The van der Waals surface area contributed by atoms with Crippen molar-refractivity contribution in [1.29, 1.82) is 0 Å². The monoisotopic (exact) mass is 916 g/mol. The fourth-order valence-electron chi connectivity index (χ4n) is 6.83. The second-order valence-corrected chi connectivity index (χ2v) is 17.0. The number of ether oxygens (including phenoxy) is 1. The van der Waals surface area contributed by atoms with Crippen molar-refractivity contribution in [2.24, 2.45) is 24.3 Å². The number of carbonyl (C=O) groups is 2. The van der Waals surface area contributed by atoms with E-state index in [1.54, 1.807) is 7.05 Å². The van der Waals surface area contributed by atoms with Gasteiger partial charge in [0.2, 0.25) is 5.88 Å². The summed E-state index contributed by atoms with van der Waals surface area (Å²) in [5.41, 5.74) is -1.52. The minimum Gasteiger partial charge on any atom is -1.00 e. The van der Waals surface area contributed by atoms with Gasteiger partial charge in [-0.1, -0.05) is 13.8 Å². The van der Waals surface area contributed by atoms with Gasteiger partial charge in [0.15, 0.2) is 5.82 Å². The van der Waals surface area contributed by atoms with Crippen LogP contribution in [-0.2, 0) is 26.8 Å². The average molecular weight is 917 g/mol. The molecule has 0 aromatic carbocycles. The first-order valence-electron chi connectivity index (χ1n) is 17.1. The zero-order valence-electron chi connectivity index (χ0n) is 35.2. The van der Waals surface area contributed by atoms with Gasteiger partial charge >= 0.3 is 109 Å². The molecular formula is C34H53F3K2N8O7S3. The Bertz CT molecular complexity index is 1900. The molecule has 5 heterocycles. The summed E-state index contributed by atoms with van der Waals surface area (Å²) in [6.07, 6.45) is 0.654. The average Bonchev–Trinajstić information content (AvgIpc) is 3.24. The fraction of sp³-hybridized carbons (Fsp3) is 0.618. The van der Waals surface area contributed by atoms with Gasteiger partial charge in [-0.05, 0) is 90.8 Å². The predicted octanol–water partition coefficient (Wildman–Crippen LogP) is -2.05. The van der Waals surface area contributed by atoms with E-state index >= 15 is 0 Å². The van der Waals surface area contributed by atoms with Crippen LogP contribution in [0.1, 0.15) is 84.7 Å². The normalized spacial score (nSPS) is 19.6. The Balaban J connectivity index is 0. The van der Waals surface area contributed by atoms with Crippen LogP contribution in [0.5, 0.6) is 5.88 Å². The molecule has 0 radical (unpaired) electrons. The molecule has 2 atom stereocenters. The first-order chi connectivity index (χ1) is 24.5. The third-order valence-corrected chi connectivity index (χ3v) is 10.9. The molecule has 0 bridgehead atoms. The van der Waals surface area contributed by atoms with E-state index in [-0.39, 0.29) is 190 Å². The van der Waals surface area contributed by atoms with E-state index in [1.807, 2.05) is 18.7 Å². The number of sulfonamides is 1. The Morgan fingerprint density at radius 3 is 2.12 bits per heavy atom. The summed E-state index contributed by atoms with van der Waals surface area (Å²) in [6, 6.07) is 4.39. The number of hydrogen-bond acceptors (Lipinski definition) is 12. The van der Waals surface area contributed by atoms with E-state index < -0.39 is 39.7 Å². The van der Waals surface area contributed by atoms with Gasteiger partial charge < -0.3 is 26.5 Å². The molecule has 2 N–H and O–H groups in total. The van der Waals surface area contributed by atoms with Crippen LogP contribution >= 0.6 is 27.0 Å². The van der Waals surface area contributed by atoms with Gasteiger partial charge in [-0.25, -0.2) is 22.8 Å². The third kappa shape index (κ3) is 15.0. The number of rotatable bonds is 9. The number of aryl methyl sites for hydroxylation is 2. The SMILES string of the molecule is C[C@@H]1CNC(C)(C)C1.Cc1nn(C)cc1S(=O)(=O)NC(=O)c1ccc(-n2ccc(OCC3(C(F)(F)F)CC3)n2)nc1N1C[C@@H](C)CC1(C)C.O=CO[O-].S.S.[H-].[K+].[K+]. The molecule has 312 valence electrons. The van der Waals surface area contributed by atoms with Crippen LogP contribution in [0.25, 0.3) is 5.82 Å². The molecule has 2 aliphatic heterocycles. The summed E-state index contributed by atoms with van der Waals surface area (Å²) in [5, 5.41) is 20.2. The summed E-state index contributed by atoms with van der Waals surface area (Å²) >= 11 is 0. The third-order valence-electron chi connectivity index (χ3n) is 9.50. The standard InChI is InChI=1S/C26H32F3N7O4S.C7H15N.CH2O3.2K.2H2S.H/c1-16-12-24(3,4)35(13-16)22-18(23(37)33-41(38,39)19-14-34(5)31-17(19)2)6-7-20(30-22)36-11-8-21(32-36)40-15-25(9-10-25)26(27,28)29;1-6-4-7(2,3)8-5-6;2-1-4-3;;;;;/h6-8,11,14,16H,9-10,12-13,15H2,1-5H3,(H,33,37);6,8H,4-5H2,1-3H3;1,3H;;;2*1H2;/q;;;2*+1;;;-1/p-1/t16-;6-;;;;;;/m00....../s1. The molecule has 57 heavy (non-hydrogen) atoms. The summed E-state index contributed by atoms with van der Waals surface area (Å²) in [6.45, 7) is 15.5. The molecule has 0 spiro atoms. The van der Waals surface area contributed by atoms with Crippen LogP contribution in [0.2, 0.25) is 0 Å². The Morgan fingerprint density at radius 2 is 1.70 bits per heavy atom. The van der Waals surface area contributed by atoms with E-state index in [0.29, 0.717) is 12.1 Å². The molecular weight excluding hydrogens is 864 g/mol. The number of carbonyl (C=O) groups excluding carboxylic acids is 2. The van der Waals surface area contributed by atoms with E-state index in [0.717, 1.165) is 12.3 Å². The van der Waals surface area contributed by atoms with Crippen molar-refractivity contribution in [3.8, 4) is 11.7 Å². The van der Waals surface area contributed by atoms with Crippen molar-refractivity contribution < 1.29 is 150 Å². The van der Waals surface area contributed by atoms with Crippen molar-refractivity contribution in [1.82, 2.24) is 34.6 Å². The number of pyridine rings is 1. The molecule has 23 heteroatoms. The van der Waals surface area contributed by atoms with Crippen LogP contribution in [0.3, 0.4) is 0 Å². The largest absolute Gasteiger partial charge is 1.00 e. The number of alkyl halides is 3. The van der Waals surface area contributed by atoms with Gasteiger partial charge in [0.1, 0.15) is 22.7 Å². The number of nitrogens with one attached hydrogen (secondary N) is 2. The van der Waals surface area contributed by atoms with Gasteiger partial charge in [0, 0.05) is 43.1 Å². The van der Waals surface area contributed by atoms with Crippen LogP contribution in [0.4, 0.5) is 19.0 Å². The summed E-state index contributed by atoms with van der Waals surface area (Å²) < 4.78 is 76.1. The van der Waals surface area contributed by atoms with Crippen molar-refractivity contribution in [3.63, 3.8) is 0 Å². The van der Waals surface area contributed by atoms with Crippen molar-refractivity contribution in [3.05, 3.63) is 41.9 Å². The Morgan fingerprint density at radius 1 is 1.09 bits per heavy atom. The Kier molecular flexibility index (Phi) is 22.6. The van der Waals surface area contributed by atoms with Crippen LogP contribution in [-0.4, -0.2) is 82.3 Å². The van der Waals surface area contributed by atoms with Crippen LogP contribution in [0, 0.1) is 24.2 Å². The number of hydrogen-bond donors (Lipinski definition) is 2. The quantitative estimate of drug-likeness (QED) is 0.104. The molecule has 3 aliphatic rings. The van der Waals surface area contributed by atoms with Gasteiger partial charge in [-0.2, -0.15) is 45.3 Å². The molecule has 6 rings (SSSR count). The molecule has 1 amide bonds. The molecule has 1 aliphatic carbocycles. The Labute approximate surface area is 432 Å². The van der Waals surface area contributed by atoms with Crippen molar-refractivity contribution in [2.75, 3.05) is 24.6 Å². The number of nitrogens with zero attached hydrogens (tertiary/aromatic N) is 6. The van der Waals surface area contributed by atoms with Gasteiger partial charge in [0.25, 0.3) is 22.4 Å². The zero-order valence-corrected chi connectivity index (χ0v) is 43.2. The van der Waals surface area contributed by atoms with E-state index in [2.05, 4.69) is 52.8 Å². The molecule has 2 saturated heterocycles. The van der Waals surface area contributed by atoms with E-state index in [1.165, 1.54) is 59.8 Å². The summed E-state index contributed by atoms with van der Waals surface area (Å²) in [4.78, 5) is 31.2. The van der Waals surface area contributed by atoms with Gasteiger partial charge in [0.05, 0.1) is 11.3 Å². The minimum atomic E-state index is -4.34. The van der Waals surface area contributed by atoms with Gasteiger partial charge in [-0.15, -0.1) is 5.10 Å². The predicted molar refractivity (Wildman–Crippen MR) is 207 cm³/mol. The molecule has 3 fully saturated rings. The smallest absolute Gasteiger partial charge is 1.00 e. The van der Waals surface area contributed by atoms with E-state index in [4.69, 9.17) is 19.8 Å². The zero-order chi connectivity index (χ0) is 39.6. The second kappa shape index (κ2) is 22.7. The molecule has 0 unspecified atom stereocenters. The topological polar surface area (TPSA) is 186 Å². The first kappa shape index (κ1) is 56.7. The minimum absolute atomic E-state index is 0. The van der Waals surface area contributed by atoms with Crippen LogP contribution in [0.15, 0.2) is 35.5 Å². The molecule has 15 nitrogen and oxygen atoms in total. The summed E-state index contributed by atoms with van der Waals surface area (Å²) in [5.74, 6) is 0.859. The maximum Gasteiger partial charge on any atom is 1.00 e. The molecule has 3 aromatic rings. The number of halogens is 3. The fourth-order valence-corrected chi connectivity index (χ4v) is 8.02. The van der Waals surface area contributed by atoms with Crippen molar-refractivity contribution >= 4 is 55.2 Å². The number of anilines is 1. The number of aromatic nitrogens is 5. The summed E-state index contributed by atoms with van der Waals surface area (Å²) in [7, 11) is -2.64. The maximum atomic E-state index is 13.4. The Hall–Kier alpha value is -0.257. The second-order valence-electron chi connectivity index (χ2n) is 15.4. The first-order valence-corrected chi connectivity index (χ1v) is 18.6. The maximum absolute atomic E-state index is 13.4. The molecule has 3 aromatic heterocycles. The molecule has 1 saturated carbocycles. The van der Waals surface area contributed by atoms with E-state index in [9.17, 15) is 26.4 Å². The van der Waals surface area contributed by atoms with Gasteiger partial charge in [-0.3, -0.25) is 14.3 Å².